The molecule has 2 rings (SSSR count). The molecule has 0 spiro atoms. The Labute approximate surface area is 109 Å². The maximum Gasteiger partial charge on any atom is 0.241 e. The minimum absolute atomic E-state index is 0.0798. The summed E-state index contributed by atoms with van der Waals surface area (Å²) in [4.78, 5) is 0.324. The van der Waals surface area contributed by atoms with Gasteiger partial charge in [-0.05, 0) is 42.9 Å². The standard InChI is InChI=1S/C13H20N2O2S/c1-3-10-4-5-11(14)8-13(10)18(16,17)15-12-6-9(2)7-12/h4-5,8-9,12,15H,3,6-7,14H2,1-2H3. The molecule has 0 saturated heterocycles. The molecule has 1 saturated carbocycles. The Bertz CT molecular complexity index is 534. The van der Waals surface area contributed by atoms with Crippen molar-refractivity contribution >= 4 is 15.7 Å². The lowest BCUT2D eigenvalue weighted by Crippen LogP contribution is -2.43. The van der Waals surface area contributed by atoms with Gasteiger partial charge in [0.25, 0.3) is 0 Å². The van der Waals surface area contributed by atoms with E-state index in [0.29, 0.717) is 22.9 Å². The first-order valence-corrected chi connectivity index (χ1v) is 7.81. The van der Waals surface area contributed by atoms with Crippen LogP contribution in [0.5, 0.6) is 0 Å². The highest BCUT2D eigenvalue weighted by Gasteiger charge is 2.30. The van der Waals surface area contributed by atoms with E-state index in [-0.39, 0.29) is 6.04 Å². The third-order valence-corrected chi connectivity index (χ3v) is 5.06. The summed E-state index contributed by atoms with van der Waals surface area (Å²) in [7, 11) is -3.44. The number of nitrogens with two attached hydrogens (primary N) is 1. The van der Waals surface area contributed by atoms with Crippen molar-refractivity contribution in [2.45, 2.75) is 44.0 Å². The van der Waals surface area contributed by atoms with Crippen molar-refractivity contribution in [1.82, 2.24) is 4.72 Å². The van der Waals surface area contributed by atoms with Crippen LogP contribution in [0.2, 0.25) is 0 Å². The van der Waals surface area contributed by atoms with Crippen molar-refractivity contribution in [3.05, 3.63) is 23.8 Å². The third-order valence-electron chi connectivity index (χ3n) is 3.46. The molecule has 0 atom stereocenters. The predicted molar refractivity (Wildman–Crippen MR) is 72.7 cm³/mol. The molecule has 100 valence electrons. The number of rotatable bonds is 4. The summed E-state index contributed by atoms with van der Waals surface area (Å²) >= 11 is 0. The number of sulfonamides is 1. The Morgan fingerprint density at radius 2 is 2.06 bits per heavy atom. The fourth-order valence-electron chi connectivity index (χ4n) is 2.39. The van der Waals surface area contributed by atoms with Crippen LogP contribution >= 0.6 is 0 Å². The molecule has 5 heteroatoms. The van der Waals surface area contributed by atoms with Crippen molar-refractivity contribution < 1.29 is 8.42 Å². The van der Waals surface area contributed by atoms with E-state index in [1.807, 2.05) is 6.92 Å². The molecule has 0 aromatic heterocycles. The van der Waals surface area contributed by atoms with Crippen LogP contribution in [-0.4, -0.2) is 14.5 Å². The van der Waals surface area contributed by atoms with Gasteiger partial charge in [0.2, 0.25) is 10.0 Å². The van der Waals surface area contributed by atoms with E-state index >= 15 is 0 Å². The van der Waals surface area contributed by atoms with Crippen molar-refractivity contribution in [2.24, 2.45) is 5.92 Å². The first-order valence-electron chi connectivity index (χ1n) is 6.33. The first kappa shape index (κ1) is 13.4. The van der Waals surface area contributed by atoms with E-state index in [1.54, 1.807) is 18.2 Å². The van der Waals surface area contributed by atoms with E-state index in [1.165, 1.54) is 0 Å². The van der Waals surface area contributed by atoms with Crippen LogP contribution < -0.4 is 10.5 Å². The van der Waals surface area contributed by atoms with E-state index in [4.69, 9.17) is 5.73 Å². The monoisotopic (exact) mass is 268 g/mol. The molecule has 1 aliphatic rings. The molecule has 1 aliphatic carbocycles. The Morgan fingerprint density at radius 1 is 1.39 bits per heavy atom. The normalized spacial score (nSPS) is 23.7. The smallest absolute Gasteiger partial charge is 0.241 e. The summed E-state index contributed by atoms with van der Waals surface area (Å²) < 4.78 is 27.4. The fraction of sp³-hybridized carbons (Fsp3) is 0.538. The number of hydrogen-bond acceptors (Lipinski definition) is 3. The second-order valence-electron chi connectivity index (χ2n) is 5.12. The maximum absolute atomic E-state index is 12.3. The van der Waals surface area contributed by atoms with Crippen molar-refractivity contribution in [1.29, 1.82) is 0 Å². The second kappa shape index (κ2) is 4.90. The van der Waals surface area contributed by atoms with Gasteiger partial charge < -0.3 is 5.73 Å². The van der Waals surface area contributed by atoms with E-state index in [9.17, 15) is 8.42 Å². The average Bonchev–Trinajstić information content (AvgIpc) is 2.26. The molecule has 0 unspecified atom stereocenters. The minimum Gasteiger partial charge on any atom is -0.399 e. The zero-order valence-electron chi connectivity index (χ0n) is 10.8. The summed E-state index contributed by atoms with van der Waals surface area (Å²) in [5.74, 6) is 0.615. The molecule has 0 bridgehead atoms. The number of anilines is 1. The SMILES string of the molecule is CCc1ccc(N)cc1S(=O)(=O)NC1CC(C)C1. The van der Waals surface area contributed by atoms with Gasteiger partial charge in [-0.25, -0.2) is 13.1 Å². The molecule has 4 nitrogen and oxygen atoms in total. The molecule has 0 amide bonds. The van der Waals surface area contributed by atoms with Gasteiger partial charge in [0.1, 0.15) is 0 Å². The summed E-state index contributed by atoms with van der Waals surface area (Å²) in [6.07, 6.45) is 2.52. The molecule has 0 heterocycles. The van der Waals surface area contributed by atoms with E-state index < -0.39 is 10.0 Å². The summed E-state index contributed by atoms with van der Waals surface area (Å²) in [6, 6.07) is 5.15. The van der Waals surface area contributed by atoms with Gasteiger partial charge in [-0.1, -0.05) is 19.9 Å². The lowest BCUT2D eigenvalue weighted by Gasteiger charge is -2.33. The summed E-state index contributed by atoms with van der Waals surface area (Å²) in [6.45, 7) is 4.07. The molecule has 18 heavy (non-hydrogen) atoms. The topological polar surface area (TPSA) is 72.2 Å². The average molecular weight is 268 g/mol. The summed E-state index contributed by atoms with van der Waals surface area (Å²) in [5, 5.41) is 0. The van der Waals surface area contributed by atoms with Crippen molar-refractivity contribution in [3.8, 4) is 0 Å². The number of nitrogens with one attached hydrogen (secondary N) is 1. The maximum atomic E-state index is 12.3. The highest BCUT2D eigenvalue weighted by Crippen LogP contribution is 2.28. The van der Waals surface area contributed by atoms with Crippen molar-refractivity contribution in [2.75, 3.05) is 5.73 Å². The highest BCUT2D eigenvalue weighted by molar-refractivity contribution is 7.89. The van der Waals surface area contributed by atoms with Gasteiger partial charge in [-0.15, -0.1) is 0 Å². The molecule has 0 radical (unpaired) electrons. The molecule has 3 N–H and O–H groups in total. The Morgan fingerprint density at radius 3 is 2.61 bits per heavy atom. The number of nitrogen functional groups attached to an aromatic ring is 1. The molecule has 1 aromatic carbocycles. The minimum atomic E-state index is -3.44. The molecule has 1 aromatic rings. The fourth-order valence-corrected chi connectivity index (χ4v) is 4.00. The first-order chi connectivity index (χ1) is 8.42. The van der Waals surface area contributed by atoms with Crippen LogP contribution in [0.25, 0.3) is 0 Å². The van der Waals surface area contributed by atoms with Crippen LogP contribution in [-0.2, 0) is 16.4 Å². The predicted octanol–water partition coefficient (Wildman–Crippen LogP) is 1.91. The highest BCUT2D eigenvalue weighted by atomic mass is 32.2. The second-order valence-corrected chi connectivity index (χ2v) is 6.80. The van der Waals surface area contributed by atoms with Crippen LogP contribution in [0.3, 0.4) is 0 Å². The van der Waals surface area contributed by atoms with Crippen LogP contribution in [0, 0.1) is 5.92 Å². The van der Waals surface area contributed by atoms with Gasteiger partial charge in [0.05, 0.1) is 4.90 Å². The van der Waals surface area contributed by atoms with E-state index in [0.717, 1.165) is 18.4 Å². The molecular formula is C13H20N2O2S. The quantitative estimate of drug-likeness (QED) is 0.819. The molecule has 0 aliphatic heterocycles. The van der Waals surface area contributed by atoms with E-state index in [2.05, 4.69) is 11.6 Å². The zero-order chi connectivity index (χ0) is 13.3. The van der Waals surface area contributed by atoms with Crippen LogP contribution in [0.15, 0.2) is 23.1 Å². The Balaban J connectivity index is 2.26. The lowest BCUT2D eigenvalue weighted by molar-refractivity contribution is 0.270. The summed E-state index contributed by atoms with van der Waals surface area (Å²) in [5.41, 5.74) is 6.98. The van der Waals surface area contributed by atoms with Crippen molar-refractivity contribution in [3.63, 3.8) is 0 Å². The molecule has 1 fully saturated rings. The van der Waals surface area contributed by atoms with Gasteiger partial charge in [0.15, 0.2) is 0 Å². The van der Waals surface area contributed by atoms with Gasteiger partial charge >= 0.3 is 0 Å². The Kier molecular flexibility index (Phi) is 3.64. The number of hydrogen-bond donors (Lipinski definition) is 2. The van der Waals surface area contributed by atoms with Crippen LogP contribution in [0.1, 0.15) is 32.3 Å². The zero-order valence-corrected chi connectivity index (χ0v) is 11.6. The molecular weight excluding hydrogens is 248 g/mol. The lowest BCUT2D eigenvalue weighted by atomic mass is 9.83. The number of aryl methyl sites for hydroxylation is 1. The number of benzene rings is 1. The van der Waals surface area contributed by atoms with Gasteiger partial charge in [0, 0.05) is 11.7 Å². The van der Waals surface area contributed by atoms with Crippen LogP contribution in [0.4, 0.5) is 5.69 Å². The van der Waals surface area contributed by atoms with Gasteiger partial charge in [-0.2, -0.15) is 0 Å². The third kappa shape index (κ3) is 2.67. The van der Waals surface area contributed by atoms with Gasteiger partial charge in [-0.3, -0.25) is 0 Å². The Hall–Kier alpha value is -1.07. The largest absolute Gasteiger partial charge is 0.399 e.